The Hall–Kier alpha value is -1.19. The Morgan fingerprint density at radius 2 is 2.10 bits per heavy atom. The molecule has 1 saturated heterocycles. The lowest BCUT2D eigenvalue weighted by molar-refractivity contribution is -0.141. The maximum Gasteiger partial charge on any atom is 0.433 e. The molecule has 2 rings (SSSR count). The predicted molar refractivity (Wildman–Crippen MR) is 66.9 cm³/mol. The van der Waals surface area contributed by atoms with Gasteiger partial charge in [0.1, 0.15) is 11.8 Å². The first-order valence-electron chi connectivity index (χ1n) is 6.19. The van der Waals surface area contributed by atoms with Crippen molar-refractivity contribution in [2.45, 2.75) is 31.2 Å². The highest BCUT2D eigenvalue weighted by molar-refractivity contribution is 7.86. The Morgan fingerprint density at radius 1 is 1.38 bits per heavy atom. The van der Waals surface area contributed by atoms with Gasteiger partial charge in [0.15, 0.2) is 0 Å². The summed E-state index contributed by atoms with van der Waals surface area (Å²) in [6.45, 7) is 0.197. The average molecular weight is 325 g/mol. The van der Waals surface area contributed by atoms with Gasteiger partial charge in [0.2, 0.25) is 0 Å². The third kappa shape index (κ3) is 4.65. The molecule has 0 radical (unpaired) electrons. The highest BCUT2D eigenvalue weighted by Crippen LogP contribution is 2.32. The first-order valence-corrected chi connectivity index (χ1v) is 8.01. The van der Waals surface area contributed by atoms with E-state index in [0.29, 0.717) is 6.42 Å². The fourth-order valence-corrected chi connectivity index (χ4v) is 2.76. The molecule has 2 heterocycles. The van der Waals surface area contributed by atoms with Crippen molar-refractivity contribution in [1.82, 2.24) is 4.98 Å². The van der Waals surface area contributed by atoms with Crippen molar-refractivity contribution in [2.24, 2.45) is 0 Å². The molecule has 1 fully saturated rings. The molecule has 0 N–H and O–H groups in total. The van der Waals surface area contributed by atoms with E-state index < -0.39 is 34.2 Å². The molecule has 21 heavy (non-hydrogen) atoms. The Balaban J connectivity index is 2.15. The number of halogens is 3. The Morgan fingerprint density at radius 3 is 2.71 bits per heavy atom. The summed E-state index contributed by atoms with van der Waals surface area (Å²) in [5.41, 5.74) is -0.888. The van der Waals surface area contributed by atoms with E-state index in [-0.39, 0.29) is 18.7 Å². The highest BCUT2D eigenvalue weighted by Gasteiger charge is 2.34. The van der Waals surface area contributed by atoms with Crippen molar-refractivity contribution in [3.05, 3.63) is 29.6 Å². The number of hydrogen-bond acceptors (Lipinski definition) is 5. The van der Waals surface area contributed by atoms with E-state index >= 15 is 0 Å². The highest BCUT2D eigenvalue weighted by atomic mass is 32.2. The van der Waals surface area contributed by atoms with E-state index in [9.17, 15) is 21.6 Å². The van der Waals surface area contributed by atoms with Gasteiger partial charge < -0.3 is 4.74 Å². The number of hydrogen-bond donors (Lipinski definition) is 0. The van der Waals surface area contributed by atoms with Gasteiger partial charge in [-0.2, -0.15) is 21.6 Å². The van der Waals surface area contributed by atoms with Gasteiger partial charge in [-0.1, -0.05) is 6.07 Å². The quantitative estimate of drug-likeness (QED) is 0.798. The molecule has 2 unspecified atom stereocenters. The molecule has 0 bridgehead atoms. The van der Waals surface area contributed by atoms with Crippen molar-refractivity contribution in [2.75, 3.05) is 12.9 Å². The maximum absolute atomic E-state index is 12.6. The third-order valence-corrected chi connectivity index (χ3v) is 3.56. The second-order valence-corrected chi connectivity index (χ2v) is 6.35. The summed E-state index contributed by atoms with van der Waals surface area (Å²) in [7, 11) is -3.62. The van der Waals surface area contributed by atoms with Crippen LogP contribution < -0.4 is 0 Å². The van der Waals surface area contributed by atoms with Crippen molar-refractivity contribution < 1.29 is 30.5 Å². The van der Waals surface area contributed by atoms with Gasteiger partial charge in [-0.15, -0.1) is 0 Å². The molecule has 0 aliphatic carbocycles. The molecule has 9 heteroatoms. The third-order valence-electron chi connectivity index (χ3n) is 2.94. The molecule has 118 valence electrons. The minimum absolute atomic E-state index is 0.117. The van der Waals surface area contributed by atoms with Crippen molar-refractivity contribution in [1.29, 1.82) is 0 Å². The molecule has 2 atom stereocenters. The van der Waals surface area contributed by atoms with Gasteiger partial charge in [0.25, 0.3) is 10.1 Å². The summed E-state index contributed by atoms with van der Waals surface area (Å²) in [6, 6.07) is 3.54. The number of rotatable bonds is 3. The average Bonchev–Trinajstić information content (AvgIpc) is 2.36. The van der Waals surface area contributed by atoms with Gasteiger partial charge in [-0.3, -0.25) is 4.18 Å². The minimum Gasteiger partial charge on any atom is -0.372 e. The summed E-state index contributed by atoms with van der Waals surface area (Å²) >= 11 is 0. The molecule has 1 aliphatic heterocycles. The summed E-state index contributed by atoms with van der Waals surface area (Å²) in [5.74, 6) is 0. The number of nitrogens with zero attached hydrogens (tertiary/aromatic N) is 1. The fourth-order valence-electron chi connectivity index (χ4n) is 2.10. The Bertz CT molecular complexity index is 603. The van der Waals surface area contributed by atoms with Gasteiger partial charge in [-0.25, -0.2) is 4.98 Å². The van der Waals surface area contributed by atoms with E-state index in [2.05, 4.69) is 4.98 Å². The standard InChI is InChI=1S/C12H14F3NO4S/c1-21(17,18)20-8-5-6-19-10(7-8)9-3-2-4-11(16-9)12(13,14)15/h2-4,8,10H,5-7H2,1H3. The largest absolute Gasteiger partial charge is 0.433 e. The van der Waals surface area contributed by atoms with Gasteiger partial charge in [0.05, 0.1) is 18.1 Å². The van der Waals surface area contributed by atoms with Crippen LogP contribution in [0, 0.1) is 0 Å². The van der Waals surface area contributed by atoms with E-state index in [1.807, 2.05) is 0 Å². The second kappa shape index (κ2) is 5.90. The number of aromatic nitrogens is 1. The van der Waals surface area contributed by atoms with Crippen LogP contribution in [0.2, 0.25) is 0 Å². The topological polar surface area (TPSA) is 65.5 Å². The van der Waals surface area contributed by atoms with E-state index in [4.69, 9.17) is 8.92 Å². The van der Waals surface area contributed by atoms with Gasteiger partial charge >= 0.3 is 6.18 Å². The van der Waals surface area contributed by atoms with E-state index in [1.165, 1.54) is 12.1 Å². The van der Waals surface area contributed by atoms with Gasteiger partial charge in [-0.05, 0) is 18.6 Å². The lowest BCUT2D eigenvalue weighted by Crippen LogP contribution is -2.28. The molecule has 1 aromatic heterocycles. The minimum atomic E-state index is -4.53. The Labute approximate surface area is 120 Å². The van der Waals surface area contributed by atoms with Crippen LogP contribution in [0.25, 0.3) is 0 Å². The summed E-state index contributed by atoms with van der Waals surface area (Å²) in [6.07, 6.45) is -4.43. The molecule has 1 aromatic rings. The molecule has 1 aliphatic rings. The van der Waals surface area contributed by atoms with Crippen LogP contribution in [-0.4, -0.2) is 32.4 Å². The first kappa shape index (κ1) is 16.2. The zero-order valence-corrected chi connectivity index (χ0v) is 11.9. The summed E-state index contributed by atoms with van der Waals surface area (Å²) < 4.78 is 70.3. The summed E-state index contributed by atoms with van der Waals surface area (Å²) in [4.78, 5) is 3.54. The van der Waals surface area contributed by atoms with E-state index in [1.54, 1.807) is 0 Å². The van der Waals surface area contributed by atoms with Crippen LogP contribution in [0.15, 0.2) is 18.2 Å². The maximum atomic E-state index is 12.6. The number of alkyl halides is 3. The zero-order valence-electron chi connectivity index (χ0n) is 11.1. The molecule has 0 saturated carbocycles. The van der Waals surface area contributed by atoms with Crippen LogP contribution in [0.3, 0.4) is 0 Å². The Kier molecular flexibility index (Phi) is 4.54. The lowest BCUT2D eigenvalue weighted by Gasteiger charge is -2.28. The van der Waals surface area contributed by atoms with Crippen LogP contribution in [-0.2, 0) is 25.2 Å². The van der Waals surface area contributed by atoms with Crippen LogP contribution in [0.1, 0.15) is 30.3 Å². The summed E-state index contributed by atoms with van der Waals surface area (Å²) in [5, 5.41) is 0. The molecule has 0 spiro atoms. The van der Waals surface area contributed by atoms with Crippen LogP contribution in [0.5, 0.6) is 0 Å². The lowest BCUT2D eigenvalue weighted by atomic mass is 10.0. The van der Waals surface area contributed by atoms with Crippen molar-refractivity contribution in [3.63, 3.8) is 0 Å². The van der Waals surface area contributed by atoms with Crippen LogP contribution >= 0.6 is 0 Å². The SMILES string of the molecule is CS(=O)(=O)OC1CCOC(c2cccc(C(F)(F)F)n2)C1. The number of pyridine rings is 1. The smallest absolute Gasteiger partial charge is 0.372 e. The predicted octanol–water partition coefficient (Wildman–Crippen LogP) is 2.30. The molecular formula is C12H14F3NO4S. The van der Waals surface area contributed by atoms with E-state index in [0.717, 1.165) is 12.3 Å². The zero-order chi connectivity index (χ0) is 15.7. The molecular weight excluding hydrogens is 311 g/mol. The van der Waals surface area contributed by atoms with Crippen molar-refractivity contribution in [3.8, 4) is 0 Å². The van der Waals surface area contributed by atoms with Crippen molar-refractivity contribution >= 4 is 10.1 Å². The first-order chi connectivity index (χ1) is 9.65. The second-order valence-electron chi connectivity index (χ2n) is 4.75. The van der Waals surface area contributed by atoms with Crippen LogP contribution in [0.4, 0.5) is 13.2 Å². The fraction of sp³-hybridized carbons (Fsp3) is 0.583. The monoisotopic (exact) mass is 325 g/mol. The number of ether oxygens (including phenoxy) is 1. The van der Waals surface area contributed by atoms with Gasteiger partial charge in [0, 0.05) is 13.0 Å². The molecule has 5 nitrogen and oxygen atoms in total. The molecule has 0 amide bonds. The normalized spacial score (nSPS) is 24.0. The molecule has 0 aromatic carbocycles.